The molecular formula is C9H13NO2. The van der Waals surface area contributed by atoms with Crippen molar-refractivity contribution in [3.63, 3.8) is 0 Å². The first-order valence-electron chi connectivity index (χ1n) is 5.90. The molecule has 3 nitrogen and oxygen atoms in total. The number of aliphatic hydroxyl groups is 1. The molecule has 0 spiro atoms. The average molecular weight is 172 g/mol. The molecule has 0 radical (unpaired) electrons. The summed E-state index contributed by atoms with van der Waals surface area (Å²) in [7, 11) is 1.48. The Labute approximate surface area is 78.7 Å². The van der Waals surface area contributed by atoms with Crippen molar-refractivity contribution in [2.45, 2.75) is 6.08 Å². The zero-order valence-electron chi connectivity index (χ0n) is 11.6. The topological polar surface area (TPSA) is 52.5 Å². The minimum atomic E-state index is -2.30. The highest BCUT2D eigenvalue weighted by molar-refractivity contribution is 5.28. The molecule has 0 heterocycles. The normalized spacial score (nSPS) is 21.3. The number of phenols is 1. The van der Waals surface area contributed by atoms with Crippen molar-refractivity contribution in [1.29, 1.82) is 0 Å². The maximum absolute atomic E-state index is 9.80. The number of phenolic OH excluding ortho intramolecular Hbond substituents is 1. The molecule has 12 heavy (non-hydrogen) atoms. The largest absolute Gasteiger partial charge is 0.508 e. The maximum atomic E-state index is 9.80. The predicted molar refractivity (Wildman–Crippen MR) is 47.0 cm³/mol. The lowest BCUT2D eigenvalue weighted by molar-refractivity contribution is 0.177. The molecular weight excluding hydrogens is 154 g/mol. The maximum Gasteiger partial charge on any atom is 0.115 e. The third kappa shape index (κ3) is 2.22. The van der Waals surface area contributed by atoms with Gasteiger partial charge in [0, 0.05) is 6.54 Å². The Morgan fingerprint density at radius 1 is 1.75 bits per heavy atom. The Morgan fingerprint density at radius 3 is 3.17 bits per heavy atom. The number of likely N-dealkylation sites (N-methyl/N-ethyl adjacent to an activating group) is 1. The molecule has 0 fully saturated rings. The summed E-state index contributed by atoms with van der Waals surface area (Å²) in [4.78, 5) is 0. The summed E-state index contributed by atoms with van der Waals surface area (Å²) in [5.74, 6) is -0.803. The molecule has 0 saturated heterocycles. The molecule has 3 heteroatoms. The Kier molecular flexibility index (Phi) is 1.45. The molecule has 0 saturated carbocycles. The van der Waals surface area contributed by atoms with Gasteiger partial charge in [-0.1, -0.05) is 12.1 Å². The van der Waals surface area contributed by atoms with Crippen LogP contribution in [-0.4, -0.2) is 23.8 Å². The molecule has 1 aromatic rings. The van der Waals surface area contributed by atoms with Crippen LogP contribution in [0, 0.1) is 0 Å². The van der Waals surface area contributed by atoms with Gasteiger partial charge in [0.25, 0.3) is 0 Å². The summed E-state index contributed by atoms with van der Waals surface area (Å²) in [6.45, 7) is -0.263. The number of rotatable bonds is 3. The number of hydrogen-bond donors (Lipinski definition) is 3. The fraction of sp³-hybridized carbons (Fsp3) is 0.333. The Balaban J connectivity index is 3.54. The van der Waals surface area contributed by atoms with Gasteiger partial charge in [-0.2, -0.15) is 0 Å². The third-order valence-corrected chi connectivity index (χ3v) is 1.24. The van der Waals surface area contributed by atoms with Crippen LogP contribution in [-0.2, 0) is 0 Å². The number of benzene rings is 1. The molecule has 0 aromatic heterocycles. The quantitative estimate of drug-likeness (QED) is 0.627. The van der Waals surface area contributed by atoms with Crippen LogP contribution >= 0.6 is 0 Å². The van der Waals surface area contributed by atoms with Crippen molar-refractivity contribution >= 4 is 0 Å². The van der Waals surface area contributed by atoms with Gasteiger partial charge in [0.05, 0.1) is 12.9 Å². The van der Waals surface area contributed by atoms with Crippen molar-refractivity contribution in [2.75, 3.05) is 13.6 Å². The molecule has 1 rings (SSSR count). The fourth-order valence-corrected chi connectivity index (χ4v) is 0.734. The van der Waals surface area contributed by atoms with Crippen molar-refractivity contribution in [2.24, 2.45) is 0 Å². The minimum Gasteiger partial charge on any atom is -0.508 e. The van der Waals surface area contributed by atoms with Gasteiger partial charge in [-0.15, -0.1) is 0 Å². The highest BCUT2D eigenvalue weighted by Crippen LogP contribution is 2.17. The molecule has 1 aromatic carbocycles. The van der Waals surface area contributed by atoms with E-state index in [1.54, 1.807) is 0 Å². The van der Waals surface area contributed by atoms with Crippen molar-refractivity contribution < 1.29 is 17.1 Å². The van der Waals surface area contributed by atoms with Crippen LogP contribution in [0.1, 0.15) is 18.5 Å². The van der Waals surface area contributed by atoms with Crippen LogP contribution in [0.2, 0.25) is 0 Å². The summed E-state index contributed by atoms with van der Waals surface area (Å²) in [6.07, 6.45) is -2.30. The van der Waals surface area contributed by atoms with Gasteiger partial charge in [-0.05, 0) is 24.7 Å². The lowest BCUT2D eigenvalue weighted by Crippen LogP contribution is -2.16. The molecule has 0 amide bonds. The Bertz CT molecular complexity index is 420. The zero-order chi connectivity index (χ0) is 13.4. The lowest BCUT2D eigenvalue weighted by Gasteiger charge is -2.09. The molecule has 3 N–H and O–H groups in total. The first kappa shape index (κ1) is 4.25. The second-order valence-electron chi connectivity index (χ2n) is 2.20. The highest BCUT2D eigenvalue weighted by Gasteiger charge is 2.05. The van der Waals surface area contributed by atoms with E-state index in [1.165, 1.54) is 7.05 Å². The van der Waals surface area contributed by atoms with Crippen LogP contribution < -0.4 is 5.32 Å². The van der Waals surface area contributed by atoms with Gasteiger partial charge in [-0.3, -0.25) is 0 Å². The first-order valence-corrected chi connectivity index (χ1v) is 3.40. The zero-order valence-corrected chi connectivity index (χ0v) is 6.60. The minimum absolute atomic E-state index is 0.263. The van der Waals surface area contributed by atoms with E-state index in [4.69, 9.17) is 6.85 Å². The van der Waals surface area contributed by atoms with E-state index >= 15 is 0 Å². The smallest absolute Gasteiger partial charge is 0.115 e. The summed E-state index contributed by atoms with van der Waals surface area (Å²) < 4.78 is 37.4. The standard InChI is InChI=1S/C9H13NO2/c1-10-6-9(12)7-3-2-4-8(11)5-7/h2-5,9-12H,6H2,1H3/t9-/m1/s1/i2D,3D,4D,5D,9D. The van der Waals surface area contributed by atoms with Crippen LogP contribution in [0.15, 0.2) is 24.2 Å². The van der Waals surface area contributed by atoms with Crippen molar-refractivity contribution in [1.82, 2.24) is 5.32 Å². The Morgan fingerprint density at radius 2 is 2.50 bits per heavy atom. The second-order valence-corrected chi connectivity index (χ2v) is 2.20. The average Bonchev–Trinajstić information content (AvgIpc) is 2.23. The van der Waals surface area contributed by atoms with Gasteiger partial charge in [-0.25, -0.2) is 0 Å². The number of nitrogens with one attached hydrogen (secondary N) is 1. The lowest BCUT2D eigenvalue weighted by atomic mass is 10.1. The van der Waals surface area contributed by atoms with E-state index in [-0.39, 0.29) is 6.54 Å². The van der Waals surface area contributed by atoms with Crippen LogP contribution in [0.3, 0.4) is 0 Å². The highest BCUT2D eigenvalue weighted by atomic mass is 16.3. The summed E-state index contributed by atoms with van der Waals surface area (Å²) >= 11 is 0. The van der Waals surface area contributed by atoms with E-state index in [0.29, 0.717) is 0 Å². The molecule has 0 aliphatic carbocycles. The predicted octanol–water partition coefficient (Wildman–Crippen LogP) is 0.645. The molecule has 66 valence electrons. The number of hydrogen-bond acceptors (Lipinski definition) is 3. The Hall–Kier alpha value is -1.06. The third-order valence-electron chi connectivity index (χ3n) is 1.24. The summed E-state index contributed by atoms with van der Waals surface area (Å²) in [6, 6.07) is -2.52. The van der Waals surface area contributed by atoms with Crippen LogP contribution in [0.4, 0.5) is 0 Å². The van der Waals surface area contributed by atoms with E-state index in [2.05, 4.69) is 5.32 Å². The van der Waals surface area contributed by atoms with Gasteiger partial charge in [0.1, 0.15) is 5.75 Å². The van der Waals surface area contributed by atoms with Crippen LogP contribution in [0.25, 0.3) is 0 Å². The number of aromatic hydroxyl groups is 1. The van der Waals surface area contributed by atoms with E-state index in [0.717, 1.165) is 0 Å². The van der Waals surface area contributed by atoms with Crippen molar-refractivity contribution in [3.05, 3.63) is 29.7 Å². The summed E-state index contributed by atoms with van der Waals surface area (Å²) in [5.41, 5.74) is -0.481. The van der Waals surface area contributed by atoms with E-state index in [9.17, 15) is 10.2 Å². The van der Waals surface area contributed by atoms with Gasteiger partial charge < -0.3 is 15.5 Å². The molecule has 0 unspecified atom stereocenters. The second kappa shape index (κ2) is 4.09. The van der Waals surface area contributed by atoms with Crippen LogP contribution in [0.5, 0.6) is 5.75 Å². The fourth-order valence-electron chi connectivity index (χ4n) is 0.734. The molecule has 0 aliphatic heterocycles. The van der Waals surface area contributed by atoms with E-state index in [1.807, 2.05) is 0 Å². The molecule has 1 atom stereocenters. The van der Waals surface area contributed by atoms with E-state index < -0.39 is 41.6 Å². The summed E-state index contributed by atoms with van der Waals surface area (Å²) in [5, 5.41) is 21.7. The van der Waals surface area contributed by atoms with Gasteiger partial charge in [0.15, 0.2) is 0 Å². The van der Waals surface area contributed by atoms with Gasteiger partial charge >= 0.3 is 0 Å². The molecule has 0 bridgehead atoms. The first-order chi connectivity index (χ1) is 7.74. The SMILES string of the molecule is [2H]c1c([2H])c(O)c([2H])c([C@]([2H])(O)CNC)c1[2H]. The monoisotopic (exact) mass is 172 g/mol. The van der Waals surface area contributed by atoms with Crippen molar-refractivity contribution in [3.8, 4) is 5.75 Å². The molecule has 0 aliphatic rings. The van der Waals surface area contributed by atoms with Gasteiger partial charge in [0.2, 0.25) is 0 Å².